The van der Waals surface area contributed by atoms with E-state index < -0.39 is 9.84 Å². The molecule has 0 saturated carbocycles. The van der Waals surface area contributed by atoms with E-state index >= 15 is 0 Å². The van der Waals surface area contributed by atoms with Crippen LogP contribution in [0.3, 0.4) is 0 Å². The minimum atomic E-state index is -3.83. The molecule has 1 N–H and O–H groups in total. The normalized spacial score (nSPS) is 14.8. The van der Waals surface area contributed by atoms with Crippen molar-refractivity contribution >= 4 is 21.5 Å². The SMILES string of the molecule is CC(C)CCNC(=O)c1ccc2c(c1)S(=O)(=O)c1ccccc1C2=O. The van der Waals surface area contributed by atoms with Crippen molar-refractivity contribution in [2.24, 2.45) is 5.92 Å². The van der Waals surface area contributed by atoms with Crippen molar-refractivity contribution < 1.29 is 18.0 Å². The van der Waals surface area contributed by atoms with Gasteiger partial charge in [0.2, 0.25) is 9.84 Å². The van der Waals surface area contributed by atoms with Gasteiger partial charge in [0.25, 0.3) is 5.91 Å². The quantitative estimate of drug-likeness (QED) is 0.778. The zero-order valence-corrected chi connectivity index (χ0v) is 14.9. The van der Waals surface area contributed by atoms with Gasteiger partial charge in [0, 0.05) is 23.2 Å². The van der Waals surface area contributed by atoms with Crippen LogP contribution in [0.1, 0.15) is 46.5 Å². The molecule has 6 heteroatoms. The molecule has 2 aromatic rings. The van der Waals surface area contributed by atoms with Crippen molar-refractivity contribution in [3.8, 4) is 0 Å². The van der Waals surface area contributed by atoms with Gasteiger partial charge in [0.15, 0.2) is 5.78 Å². The van der Waals surface area contributed by atoms with E-state index in [0.29, 0.717) is 12.5 Å². The fourth-order valence-electron chi connectivity index (χ4n) is 2.80. The van der Waals surface area contributed by atoms with Gasteiger partial charge in [-0.3, -0.25) is 9.59 Å². The number of rotatable bonds is 4. The summed E-state index contributed by atoms with van der Waals surface area (Å²) in [5.74, 6) is -0.226. The predicted octanol–water partition coefficient (Wildman–Crippen LogP) is 2.84. The van der Waals surface area contributed by atoms with Crippen LogP contribution >= 0.6 is 0 Å². The molecule has 0 saturated heterocycles. The van der Waals surface area contributed by atoms with Gasteiger partial charge < -0.3 is 5.32 Å². The van der Waals surface area contributed by atoms with E-state index in [1.165, 1.54) is 30.3 Å². The fraction of sp³-hybridized carbons (Fsp3) is 0.263. The third kappa shape index (κ3) is 3.09. The minimum Gasteiger partial charge on any atom is -0.352 e. The highest BCUT2D eigenvalue weighted by atomic mass is 32.2. The summed E-state index contributed by atoms with van der Waals surface area (Å²) in [5.41, 5.74) is 0.514. The Labute approximate surface area is 147 Å². The van der Waals surface area contributed by atoms with Crippen molar-refractivity contribution in [3.05, 3.63) is 59.2 Å². The average molecular weight is 357 g/mol. The Kier molecular flexibility index (Phi) is 4.47. The Morgan fingerprint density at radius 1 is 1.04 bits per heavy atom. The van der Waals surface area contributed by atoms with Crippen LogP contribution in [0, 0.1) is 5.92 Å². The van der Waals surface area contributed by atoms with Crippen LogP contribution in [0.4, 0.5) is 0 Å². The van der Waals surface area contributed by atoms with E-state index in [1.54, 1.807) is 12.1 Å². The highest BCUT2D eigenvalue weighted by Gasteiger charge is 2.34. The molecule has 0 fully saturated rings. The van der Waals surface area contributed by atoms with Crippen LogP contribution in [0.2, 0.25) is 0 Å². The molecular weight excluding hydrogens is 338 g/mol. The summed E-state index contributed by atoms with van der Waals surface area (Å²) >= 11 is 0. The molecule has 1 amide bonds. The minimum absolute atomic E-state index is 0.00938. The summed E-state index contributed by atoms with van der Waals surface area (Å²) in [6, 6.07) is 10.3. The summed E-state index contributed by atoms with van der Waals surface area (Å²) in [6.07, 6.45) is 0.834. The molecule has 130 valence electrons. The first-order valence-electron chi connectivity index (χ1n) is 8.13. The molecule has 0 bridgehead atoms. The van der Waals surface area contributed by atoms with E-state index in [1.807, 2.05) is 0 Å². The number of amides is 1. The first kappa shape index (κ1) is 17.4. The number of nitrogens with one attached hydrogen (secondary N) is 1. The second-order valence-electron chi connectivity index (χ2n) is 6.48. The number of fused-ring (bicyclic) bond motifs is 2. The maximum absolute atomic E-state index is 12.8. The topological polar surface area (TPSA) is 80.3 Å². The molecule has 0 unspecified atom stereocenters. The lowest BCUT2D eigenvalue weighted by Gasteiger charge is -2.19. The summed E-state index contributed by atoms with van der Waals surface area (Å²) in [6.45, 7) is 4.63. The van der Waals surface area contributed by atoms with Crippen molar-refractivity contribution in [2.45, 2.75) is 30.1 Å². The van der Waals surface area contributed by atoms with Crippen molar-refractivity contribution in [1.29, 1.82) is 0 Å². The second kappa shape index (κ2) is 6.44. The molecular formula is C19H19NO4S. The number of hydrogen-bond donors (Lipinski definition) is 1. The van der Waals surface area contributed by atoms with Crippen LogP contribution < -0.4 is 5.32 Å². The molecule has 2 aromatic carbocycles. The third-order valence-corrected chi connectivity index (χ3v) is 6.06. The highest BCUT2D eigenvalue weighted by molar-refractivity contribution is 7.91. The monoisotopic (exact) mass is 357 g/mol. The molecule has 0 spiro atoms. The van der Waals surface area contributed by atoms with Crippen LogP contribution in [0.5, 0.6) is 0 Å². The molecule has 1 aliphatic heterocycles. The van der Waals surface area contributed by atoms with Gasteiger partial charge >= 0.3 is 0 Å². The molecule has 0 aromatic heterocycles. The van der Waals surface area contributed by atoms with Gasteiger partial charge in [-0.25, -0.2) is 8.42 Å². The highest BCUT2D eigenvalue weighted by Crippen LogP contribution is 2.34. The first-order chi connectivity index (χ1) is 11.8. The maximum Gasteiger partial charge on any atom is 0.251 e. The lowest BCUT2D eigenvalue weighted by Crippen LogP contribution is -2.26. The Balaban J connectivity index is 1.99. The summed E-state index contributed by atoms with van der Waals surface area (Å²) in [5, 5.41) is 2.78. The number of benzene rings is 2. The largest absolute Gasteiger partial charge is 0.352 e. The first-order valence-corrected chi connectivity index (χ1v) is 9.61. The lowest BCUT2D eigenvalue weighted by molar-refractivity contribution is 0.0950. The second-order valence-corrected chi connectivity index (χ2v) is 8.36. The van der Waals surface area contributed by atoms with Crippen molar-refractivity contribution in [1.82, 2.24) is 5.32 Å². The Bertz CT molecular complexity index is 961. The maximum atomic E-state index is 12.8. The average Bonchev–Trinajstić information content (AvgIpc) is 2.59. The number of carbonyl (C=O) groups is 2. The molecule has 0 aliphatic carbocycles. The van der Waals surface area contributed by atoms with Crippen LogP contribution in [-0.4, -0.2) is 26.7 Å². The van der Waals surface area contributed by atoms with Gasteiger partial charge in [-0.05, 0) is 42.7 Å². The molecule has 0 atom stereocenters. The molecule has 1 aliphatic rings. The zero-order valence-electron chi connectivity index (χ0n) is 14.1. The summed E-state index contributed by atoms with van der Waals surface area (Å²) < 4.78 is 25.7. The summed E-state index contributed by atoms with van der Waals surface area (Å²) in [7, 11) is -3.83. The van der Waals surface area contributed by atoms with E-state index in [-0.39, 0.29) is 38.2 Å². The van der Waals surface area contributed by atoms with Gasteiger partial charge in [-0.2, -0.15) is 0 Å². The van der Waals surface area contributed by atoms with Crippen LogP contribution in [-0.2, 0) is 9.84 Å². The standard InChI is InChI=1S/C19H19NO4S/c1-12(2)9-10-20-19(22)13-7-8-15-17(11-13)25(23,24)16-6-4-3-5-14(16)18(15)21/h3-8,11-12H,9-10H2,1-2H3,(H,20,22). The van der Waals surface area contributed by atoms with Gasteiger partial charge in [-0.1, -0.05) is 26.0 Å². The number of hydrogen-bond acceptors (Lipinski definition) is 4. The van der Waals surface area contributed by atoms with Crippen LogP contribution in [0.25, 0.3) is 0 Å². The zero-order chi connectivity index (χ0) is 18.2. The van der Waals surface area contributed by atoms with Gasteiger partial charge in [0.05, 0.1) is 9.79 Å². The Morgan fingerprint density at radius 2 is 1.72 bits per heavy atom. The Morgan fingerprint density at radius 3 is 2.44 bits per heavy atom. The number of ketones is 1. The van der Waals surface area contributed by atoms with E-state index in [9.17, 15) is 18.0 Å². The van der Waals surface area contributed by atoms with Crippen molar-refractivity contribution in [2.75, 3.05) is 6.54 Å². The predicted molar refractivity (Wildman–Crippen MR) is 93.6 cm³/mol. The van der Waals surface area contributed by atoms with Gasteiger partial charge in [-0.15, -0.1) is 0 Å². The number of carbonyl (C=O) groups excluding carboxylic acids is 2. The van der Waals surface area contributed by atoms with E-state index in [2.05, 4.69) is 19.2 Å². The smallest absolute Gasteiger partial charge is 0.251 e. The fourth-order valence-corrected chi connectivity index (χ4v) is 4.48. The Hall–Kier alpha value is -2.47. The molecule has 1 heterocycles. The molecule has 0 radical (unpaired) electrons. The summed E-state index contributed by atoms with van der Waals surface area (Å²) in [4.78, 5) is 24.7. The molecule has 5 nitrogen and oxygen atoms in total. The van der Waals surface area contributed by atoms with E-state index in [0.717, 1.165) is 6.42 Å². The van der Waals surface area contributed by atoms with Crippen molar-refractivity contribution in [3.63, 3.8) is 0 Å². The lowest BCUT2D eigenvalue weighted by atomic mass is 10.0. The van der Waals surface area contributed by atoms with Gasteiger partial charge in [0.1, 0.15) is 0 Å². The molecule has 25 heavy (non-hydrogen) atoms. The third-order valence-electron chi connectivity index (χ3n) is 4.21. The number of sulfone groups is 1. The van der Waals surface area contributed by atoms with Crippen LogP contribution in [0.15, 0.2) is 52.3 Å². The van der Waals surface area contributed by atoms with E-state index in [4.69, 9.17) is 0 Å². The molecule has 3 rings (SSSR count).